The standard InChI is InChI=1S/C27H33N7O4.C2HF3O2/c1-30-24-23(25(36)34(27(30)37)18-22(35)31-12-14-38-15-13-31)33(10-5-8-19-6-3-2-4-7-19)26(29-24)32-11-9-20-16-28-17-21(20)32;3-2(4,5)1(6)7/h2-8,20-21,28H,9-18H2,1H3;(H,6,7). The van der Waals surface area contributed by atoms with Crippen LogP contribution in [0.25, 0.3) is 17.2 Å². The van der Waals surface area contributed by atoms with E-state index in [0.29, 0.717) is 61.9 Å². The van der Waals surface area contributed by atoms with Crippen LogP contribution < -0.4 is 21.5 Å². The van der Waals surface area contributed by atoms with Crippen LogP contribution >= 0.6 is 0 Å². The molecule has 0 radical (unpaired) electrons. The molecule has 3 aliphatic heterocycles. The molecule has 0 spiro atoms. The number of carboxylic acid groups (broad SMARTS) is 1. The number of nitrogens with one attached hydrogen (secondary N) is 1. The lowest BCUT2D eigenvalue weighted by molar-refractivity contribution is -0.192. The molecule has 0 aliphatic carbocycles. The minimum Gasteiger partial charge on any atom is -0.475 e. The summed E-state index contributed by atoms with van der Waals surface area (Å²) < 4.78 is 41.4. The van der Waals surface area contributed by atoms with Crippen molar-refractivity contribution in [3.63, 3.8) is 0 Å². The van der Waals surface area contributed by atoms with Crippen LogP contribution in [0.15, 0.2) is 46.0 Å². The Kier molecular flexibility index (Phi) is 9.43. The Bertz CT molecular complexity index is 1690. The predicted octanol–water partition coefficient (Wildman–Crippen LogP) is 0.900. The predicted molar refractivity (Wildman–Crippen MR) is 158 cm³/mol. The first-order valence-corrected chi connectivity index (χ1v) is 14.5. The third kappa shape index (κ3) is 6.81. The fraction of sp³-hybridized carbons (Fsp3) is 0.483. The van der Waals surface area contributed by atoms with Crippen molar-refractivity contribution in [1.82, 2.24) is 28.9 Å². The van der Waals surface area contributed by atoms with Gasteiger partial charge in [-0.25, -0.2) is 14.2 Å². The maximum absolute atomic E-state index is 13.9. The fourth-order valence-electron chi connectivity index (χ4n) is 5.90. The van der Waals surface area contributed by atoms with E-state index >= 15 is 0 Å². The number of rotatable bonds is 6. The van der Waals surface area contributed by atoms with E-state index in [0.717, 1.165) is 36.2 Å². The van der Waals surface area contributed by atoms with E-state index in [2.05, 4.69) is 10.2 Å². The molecule has 13 nitrogen and oxygen atoms in total. The Labute approximate surface area is 255 Å². The summed E-state index contributed by atoms with van der Waals surface area (Å²) in [6, 6.07) is 10.3. The smallest absolute Gasteiger partial charge is 0.475 e. The highest BCUT2D eigenvalue weighted by atomic mass is 19.4. The van der Waals surface area contributed by atoms with Crippen LogP contribution in [-0.4, -0.2) is 98.7 Å². The SMILES string of the molecule is Cn1c(=O)n(CC(=O)N2CCOCC2)c(=O)c2c1nc(N1CCC3CNCC31)n2CC=Cc1ccccc1.O=C(O)C(F)(F)F. The summed E-state index contributed by atoms with van der Waals surface area (Å²) in [6.07, 6.45) is -0.00586. The average Bonchev–Trinajstić information content (AvgIpc) is 3.74. The zero-order valence-electron chi connectivity index (χ0n) is 24.6. The molecule has 2 atom stereocenters. The van der Waals surface area contributed by atoms with Crippen LogP contribution in [-0.2, 0) is 34.5 Å². The van der Waals surface area contributed by atoms with Gasteiger partial charge in [0.2, 0.25) is 11.9 Å². The number of fused-ring (bicyclic) bond motifs is 2. The fourth-order valence-corrected chi connectivity index (χ4v) is 5.90. The van der Waals surface area contributed by atoms with Gasteiger partial charge >= 0.3 is 17.8 Å². The number of ether oxygens (including phenoxy) is 1. The lowest BCUT2D eigenvalue weighted by Crippen LogP contribution is -2.47. The molecule has 2 aromatic heterocycles. The summed E-state index contributed by atoms with van der Waals surface area (Å²) in [5, 5.41) is 10.6. The molecule has 1 amide bonds. The molecule has 16 heteroatoms. The van der Waals surface area contributed by atoms with E-state index in [9.17, 15) is 27.6 Å². The monoisotopic (exact) mass is 633 g/mol. The maximum atomic E-state index is 13.9. The molecule has 2 N–H and O–H groups in total. The van der Waals surface area contributed by atoms with Gasteiger partial charge in [-0.05, 0) is 17.9 Å². The molecule has 45 heavy (non-hydrogen) atoms. The first-order valence-electron chi connectivity index (χ1n) is 14.5. The third-order valence-electron chi connectivity index (χ3n) is 8.21. The number of aromatic nitrogens is 4. The van der Waals surface area contributed by atoms with Crippen LogP contribution in [0.4, 0.5) is 19.1 Å². The number of morpholine rings is 1. The van der Waals surface area contributed by atoms with Gasteiger partial charge in [-0.3, -0.25) is 14.2 Å². The lowest BCUT2D eigenvalue weighted by Gasteiger charge is -2.27. The average molecular weight is 634 g/mol. The van der Waals surface area contributed by atoms with Crippen molar-refractivity contribution in [2.75, 3.05) is 50.8 Å². The van der Waals surface area contributed by atoms with E-state index in [1.54, 1.807) is 11.9 Å². The van der Waals surface area contributed by atoms with Crippen molar-refractivity contribution < 1.29 is 32.6 Å². The highest BCUT2D eigenvalue weighted by molar-refractivity contribution is 5.78. The number of amides is 1. The van der Waals surface area contributed by atoms with Gasteiger partial charge in [-0.1, -0.05) is 42.5 Å². The summed E-state index contributed by atoms with van der Waals surface area (Å²) in [4.78, 5) is 57.8. The molecule has 5 heterocycles. The molecule has 0 bridgehead atoms. The van der Waals surface area contributed by atoms with Crippen molar-refractivity contribution >= 4 is 35.1 Å². The quantitative estimate of drug-likeness (QED) is 0.405. The van der Waals surface area contributed by atoms with E-state index in [1.165, 1.54) is 4.57 Å². The highest BCUT2D eigenvalue weighted by Crippen LogP contribution is 2.32. The number of nitrogens with zero attached hydrogens (tertiary/aromatic N) is 6. The van der Waals surface area contributed by atoms with Crippen molar-refractivity contribution in [3.8, 4) is 0 Å². The summed E-state index contributed by atoms with van der Waals surface area (Å²) in [5.41, 5.74) is 0.705. The van der Waals surface area contributed by atoms with Crippen LogP contribution in [0.1, 0.15) is 12.0 Å². The van der Waals surface area contributed by atoms with Crippen molar-refractivity contribution in [1.29, 1.82) is 0 Å². The van der Waals surface area contributed by atoms with Gasteiger partial charge in [0.15, 0.2) is 11.2 Å². The Morgan fingerprint density at radius 1 is 1.09 bits per heavy atom. The van der Waals surface area contributed by atoms with Crippen molar-refractivity contribution in [2.24, 2.45) is 13.0 Å². The number of allylic oxidation sites excluding steroid dienone is 1. The van der Waals surface area contributed by atoms with Gasteiger partial charge in [0, 0.05) is 52.4 Å². The summed E-state index contributed by atoms with van der Waals surface area (Å²) >= 11 is 0. The molecule has 3 fully saturated rings. The Morgan fingerprint density at radius 3 is 2.44 bits per heavy atom. The third-order valence-corrected chi connectivity index (χ3v) is 8.21. The zero-order chi connectivity index (χ0) is 32.3. The molecule has 3 saturated heterocycles. The van der Waals surface area contributed by atoms with E-state index in [4.69, 9.17) is 19.6 Å². The number of aliphatic carboxylic acids is 1. The number of carboxylic acids is 1. The summed E-state index contributed by atoms with van der Waals surface area (Å²) in [5.74, 6) is -1.79. The molecular weight excluding hydrogens is 599 g/mol. The second kappa shape index (κ2) is 13.3. The Hall–Kier alpha value is -4.44. The number of anilines is 1. The van der Waals surface area contributed by atoms with Gasteiger partial charge in [0.25, 0.3) is 5.56 Å². The molecular formula is C29H34F3N7O6. The molecule has 3 aliphatic rings. The second-order valence-electron chi connectivity index (χ2n) is 11.0. The Morgan fingerprint density at radius 2 is 1.78 bits per heavy atom. The highest BCUT2D eigenvalue weighted by Gasteiger charge is 2.40. The number of alkyl halides is 3. The Balaban J connectivity index is 0.000000515. The lowest BCUT2D eigenvalue weighted by atomic mass is 10.1. The first kappa shape index (κ1) is 32.0. The first-order chi connectivity index (χ1) is 21.5. The van der Waals surface area contributed by atoms with Crippen molar-refractivity contribution in [3.05, 3.63) is 62.8 Å². The normalized spacial score (nSPS) is 20.0. The van der Waals surface area contributed by atoms with Crippen LogP contribution in [0.5, 0.6) is 0 Å². The molecule has 0 saturated carbocycles. The van der Waals surface area contributed by atoms with Crippen molar-refractivity contribution in [2.45, 2.75) is 31.7 Å². The number of hydrogen-bond donors (Lipinski definition) is 2. The van der Waals surface area contributed by atoms with Gasteiger partial charge in [0.05, 0.1) is 13.2 Å². The molecule has 6 rings (SSSR count). The topological polar surface area (TPSA) is 144 Å². The molecule has 242 valence electrons. The maximum Gasteiger partial charge on any atom is 0.490 e. The minimum atomic E-state index is -5.08. The largest absolute Gasteiger partial charge is 0.490 e. The molecule has 3 aromatic rings. The summed E-state index contributed by atoms with van der Waals surface area (Å²) in [6.45, 7) is 4.60. The van der Waals surface area contributed by atoms with Gasteiger partial charge < -0.3 is 29.5 Å². The van der Waals surface area contributed by atoms with Crippen LogP contribution in [0.3, 0.4) is 0 Å². The number of carbonyl (C=O) groups is 2. The number of imidazole rings is 1. The zero-order valence-corrected chi connectivity index (χ0v) is 24.6. The van der Waals surface area contributed by atoms with E-state index in [-0.39, 0.29) is 12.5 Å². The number of carbonyl (C=O) groups excluding carboxylic acids is 1. The van der Waals surface area contributed by atoms with Gasteiger partial charge in [0.1, 0.15) is 6.54 Å². The number of halogens is 3. The van der Waals surface area contributed by atoms with Gasteiger partial charge in [-0.2, -0.15) is 18.2 Å². The number of hydrogen-bond acceptors (Lipinski definition) is 8. The summed E-state index contributed by atoms with van der Waals surface area (Å²) in [7, 11) is 1.62. The molecule has 1 aromatic carbocycles. The van der Waals surface area contributed by atoms with Gasteiger partial charge in [-0.15, -0.1) is 0 Å². The number of benzene rings is 1. The van der Waals surface area contributed by atoms with E-state index in [1.807, 2.05) is 47.1 Å². The second-order valence-corrected chi connectivity index (χ2v) is 11.0. The number of aryl methyl sites for hydroxylation is 1. The van der Waals surface area contributed by atoms with Crippen LogP contribution in [0.2, 0.25) is 0 Å². The van der Waals surface area contributed by atoms with E-state index < -0.39 is 23.4 Å². The minimum absolute atomic E-state index is 0.262. The van der Waals surface area contributed by atoms with Crippen LogP contribution in [0, 0.1) is 5.92 Å². The molecule has 2 unspecified atom stereocenters.